The van der Waals surface area contributed by atoms with Crippen molar-refractivity contribution < 1.29 is 13.2 Å². The second kappa shape index (κ2) is 9.55. The average Bonchev–Trinajstić information content (AvgIpc) is 2.71. The van der Waals surface area contributed by atoms with E-state index in [1.54, 1.807) is 18.2 Å². The molecule has 1 N–H and O–H groups in total. The molecule has 1 aliphatic heterocycles. The number of piperidine rings is 1. The molecule has 1 aliphatic rings. The van der Waals surface area contributed by atoms with Crippen LogP contribution in [-0.2, 0) is 21.2 Å². The number of benzene rings is 2. The van der Waals surface area contributed by atoms with Crippen LogP contribution in [0.2, 0.25) is 0 Å². The number of hydrogen-bond donors (Lipinski definition) is 1. The minimum atomic E-state index is -3.59. The van der Waals surface area contributed by atoms with E-state index in [-0.39, 0.29) is 23.8 Å². The fraction of sp³-hybridized carbons (Fsp3) is 0.435. The van der Waals surface area contributed by atoms with Gasteiger partial charge < -0.3 is 4.90 Å². The molecule has 5 nitrogen and oxygen atoms in total. The SMILES string of the molecule is Cc1ccc(S(=O)(=O)NCCC(=O)N2CCC(Cc3ccccc3)CC2)cc1C. The monoisotopic (exact) mass is 414 g/mol. The Morgan fingerprint density at radius 1 is 1.03 bits per heavy atom. The number of amides is 1. The van der Waals surface area contributed by atoms with Crippen LogP contribution in [0.1, 0.15) is 36.0 Å². The summed E-state index contributed by atoms with van der Waals surface area (Å²) in [5.41, 5.74) is 3.33. The molecule has 1 amide bonds. The van der Waals surface area contributed by atoms with Crippen molar-refractivity contribution in [2.24, 2.45) is 5.92 Å². The van der Waals surface area contributed by atoms with E-state index >= 15 is 0 Å². The maximum absolute atomic E-state index is 12.5. The van der Waals surface area contributed by atoms with E-state index in [1.165, 1.54) is 5.56 Å². The third-order valence-corrected chi connectivity index (χ3v) is 7.21. The Bertz CT molecular complexity index is 934. The first-order chi connectivity index (χ1) is 13.8. The van der Waals surface area contributed by atoms with Gasteiger partial charge in [-0.15, -0.1) is 0 Å². The molecule has 2 aromatic carbocycles. The van der Waals surface area contributed by atoms with Crippen LogP contribution in [0.5, 0.6) is 0 Å². The van der Waals surface area contributed by atoms with Crippen LogP contribution in [0, 0.1) is 19.8 Å². The lowest BCUT2D eigenvalue weighted by Crippen LogP contribution is -2.40. The summed E-state index contributed by atoms with van der Waals surface area (Å²) in [6.07, 6.45) is 3.23. The highest BCUT2D eigenvalue weighted by Gasteiger charge is 2.23. The van der Waals surface area contributed by atoms with Gasteiger partial charge in [-0.05, 0) is 67.9 Å². The number of carbonyl (C=O) groups excluding carboxylic acids is 1. The Morgan fingerprint density at radius 3 is 2.38 bits per heavy atom. The summed E-state index contributed by atoms with van der Waals surface area (Å²) in [4.78, 5) is 14.6. The Balaban J connectivity index is 1.43. The number of rotatable bonds is 7. The van der Waals surface area contributed by atoms with Crippen LogP contribution in [-0.4, -0.2) is 38.9 Å². The van der Waals surface area contributed by atoms with Crippen molar-refractivity contribution in [3.63, 3.8) is 0 Å². The maximum atomic E-state index is 12.5. The predicted molar refractivity (Wildman–Crippen MR) is 115 cm³/mol. The molecule has 0 bridgehead atoms. The quantitative estimate of drug-likeness (QED) is 0.755. The second-order valence-electron chi connectivity index (χ2n) is 7.91. The van der Waals surface area contributed by atoms with E-state index in [0.717, 1.165) is 43.5 Å². The smallest absolute Gasteiger partial charge is 0.240 e. The Labute approximate surface area is 174 Å². The molecule has 29 heavy (non-hydrogen) atoms. The summed E-state index contributed by atoms with van der Waals surface area (Å²) >= 11 is 0. The third-order valence-electron chi connectivity index (χ3n) is 5.75. The second-order valence-corrected chi connectivity index (χ2v) is 9.67. The molecule has 156 valence electrons. The Kier molecular flexibility index (Phi) is 7.09. The third kappa shape index (κ3) is 5.90. The average molecular weight is 415 g/mol. The van der Waals surface area contributed by atoms with Gasteiger partial charge in [-0.3, -0.25) is 4.79 Å². The van der Waals surface area contributed by atoms with Gasteiger partial charge in [-0.25, -0.2) is 13.1 Å². The summed E-state index contributed by atoms with van der Waals surface area (Å²) in [6.45, 7) is 5.46. The number of aryl methyl sites for hydroxylation is 2. The van der Waals surface area contributed by atoms with Gasteiger partial charge in [0.15, 0.2) is 0 Å². The number of carbonyl (C=O) groups is 1. The topological polar surface area (TPSA) is 66.5 Å². The molecule has 0 unspecified atom stereocenters. The highest BCUT2D eigenvalue weighted by Crippen LogP contribution is 2.22. The minimum Gasteiger partial charge on any atom is -0.343 e. The number of hydrogen-bond acceptors (Lipinski definition) is 3. The lowest BCUT2D eigenvalue weighted by molar-refractivity contribution is -0.132. The van der Waals surface area contributed by atoms with Crippen molar-refractivity contribution >= 4 is 15.9 Å². The van der Waals surface area contributed by atoms with Gasteiger partial charge in [-0.2, -0.15) is 0 Å². The number of sulfonamides is 1. The lowest BCUT2D eigenvalue weighted by atomic mass is 9.90. The fourth-order valence-electron chi connectivity index (χ4n) is 3.75. The lowest BCUT2D eigenvalue weighted by Gasteiger charge is -2.32. The number of likely N-dealkylation sites (tertiary alicyclic amines) is 1. The fourth-order valence-corrected chi connectivity index (χ4v) is 4.87. The number of nitrogens with one attached hydrogen (secondary N) is 1. The van der Waals surface area contributed by atoms with E-state index in [9.17, 15) is 13.2 Å². The first-order valence-corrected chi connectivity index (χ1v) is 11.7. The van der Waals surface area contributed by atoms with Gasteiger partial charge in [-0.1, -0.05) is 36.4 Å². The summed E-state index contributed by atoms with van der Waals surface area (Å²) in [7, 11) is -3.59. The maximum Gasteiger partial charge on any atom is 0.240 e. The van der Waals surface area contributed by atoms with Gasteiger partial charge in [0.05, 0.1) is 4.90 Å². The van der Waals surface area contributed by atoms with E-state index in [4.69, 9.17) is 0 Å². The van der Waals surface area contributed by atoms with Crippen LogP contribution >= 0.6 is 0 Å². The summed E-state index contributed by atoms with van der Waals surface area (Å²) in [5, 5.41) is 0. The van der Waals surface area contributed by atoms with E-state index in [2.05, 4.69) is 29.0 Å². The van der Waals surface area contributed by atoms with Gasteiger partial charge in [0.1, 0.15) is 0 Å². The molecule has 0 atom stereocenters. The van der Waals surface area contributed by atoms with Crippen molar-refractivity contribution in [2.45, 2.75) is 44.4 Å². The molecule has 3 rings (SSSR count). The molecule has 2 aromatic rings. The van der Waals surface area contributed by atoms with Gasteiger partial charge in [0, 0.05) is 26.1 Å². The zero-order chi connectivity index (χ0) is 20.9. The predicted octanol–water partition coefficient (Wildman–Crippen LogP) is 3.45. The van der Waals surface area contributed by atoms with Crippen molar-refractivity contribution in [2.75, 3.05) is 19.6 Å². The molecule has 6 heteroatoms. The summed E-state index contributed by atoms with van der Waals surface area (Å²) < 4.78 is 27.4. The number of nitrogens with zero attached hydrogens (tertiary/aromatic N) is 1. The highest BCUT2D eigenvalue weighted by molar-refractivity contribution is 7.89. The summed E-state index contributed by atoms with van der Waals surface area (Å²) in [6, 6.07) is 15.5. The van der Waals surface area contributed by atoms with Gasteiger partial charge in [0.2, 0.25) is 15.9 Å². The van der Waals surface area contributed by atoms with Crippen LogP contribution in [0.3, 0.4) is 0 Å². The zero-order valence-corrected chi connectivity index (χ0v) is 18.0. The standard InChI is InChI=1S/C23H30N2O3S/c1-18-8-9-22(16-19(18)2)29(27,28)24-13-10-23(26)25-14-11-21(12-15-25)17-20-6-4-3-5-7-20/h3-9,16,21,24H,10-15,17H2,1-2H3. The van der Waals surface area contributed by atoms with Crippen LogP contribution in [0.4, 0.5) is 0 Å². The van der Waals surface area contributed by atoms with Crippen molar-refractivity contribution in [3.05, 3.63) is 65.2 Å². The van der Waals surface area contributed by atoms with Crippen molar-refractivity contribution in [1.82, 2.24) is 9.62 Å². The van der Waals surface area contributed by atoms with Crippen LogP contribution < -0.4 is 4.72 Å². The molecule has 1 heterocycles. The molecule has 0 spiro atoms. The van der Waals surface area contributed by atoms with Crippen LogP contribution in [0.25, 0.3) is 0 Å². The largest absolute Gasteiger partial charge is 0.343 e. The van der Waals surface area contributed by atoms with E-state index in [1.807, 2.05) is 24.8 Å². The Morgan fingerprint density at radius 2 is 1.72 bits per heavy atom. The molecular weight excluding hydrogens is 384 g/mol. The highest BCUT2D eigenvalue weighted by atomic mass is 32.2. The first-order valence-electron chi connectivity index (χ1n) is 10.2. The molecule has 1 fully saturated rings. The molecule has 0 aliphatic carbocycles. The van der Waals surface area contributed by atoms with E-state index < -0.39 is 10.0 Å². The summed E-state index contributed by atoms with van der Waals surface area (Å²) in [5.74, 6) is 0.621. The first kappa shape index (κ1) is 21.5. The van der Waals surface area contributed by atoms with Crippen LogP contribution in [0.15, 0.2) is 53.4 Å². The zero-order valence-electron chi connectivity index (χ0n) is 17.2. The normalized spacial score (nSPS) is 15.4. The van der Waals surface area contributed by atoms with Crippen molar-refractivity contribution in [3.8, 4) is 0 Å². The molecule has 0 radical (unpaired) electrons. The molecule has 0 saturated carbocycles. The molecular formula is C23H30N2O3S. The van der Waals surface area contributed by atoms with Gasteiger partial charge >= 0.3 is 0 Å². The van der Waals surface area contributed by atoms with Gasteiger partial charge in [0.25, 0.3) is 0 Å². The van der Waals surface area contributed by atoms with E-state index in [0.29, 0.717) is 5.92 Å². The molecule has 1 saturated heterocycles. The van der Waals surface area contributed by atoms with Crippen molar-refractivity contribution in [1.29, 1.82) is 0 Å². The molecule has 0 aromatic heterocycles. The Hall–Kier alpha value is -2.18. The minimum absolute atomic E-state index is 0.0194.